The molecule has 3 aromatic carbocycles. The highest BCUT2D eigenvalue weighted by Gasteiger charge is 2.67. The zero-order valence-corrected chi connectivity index (χ0v) is 26.0. The van der Waals surface area contributed by atoms with Crippen LogP contribution < -0.4 is 5.32 Å². The molecule has 0 aliphatic heterocycles. The van der Waals surface area contributed by atoms with Gasteiger partial charge in [-0.1, -0.05) is 52.5 Å². The van der Waals surface area contributed by atoms with Gasteiger partial charge >= 0.3 is 0 Å². The van der Waals surface area contributed by atoms with Crippen molar-refractivity contribution in [1.29, 1.82) is 0 Å². The Labute approximate surface area is 273 Å². The average molecular weight is 706 g/mol. The van der Waals surface area contributed by atoms with Gasteiger partial charge in [0.15, 0.2) is 11.5 Å². The van der Waals surface area contributed by atoms with E-state index in [-0.39, 0.29) is 42.7 Å². The molecule has 0 spiro atoms. The molecule has 1 saturated carbocycles. The van der Waals surface area contributed by atoms with Gasteiger partial charge in [-0.3, -0.25) is 14.4 Å². The number of amides is 1. The predicted octanol–water partition coefficient (Wildman–Crippen LogP) is 9.55. The molecule has 2 atom stereocenters. The van der Waals surface area contributed by atoms with Gasteiger partial charge in [-0.2, -0.15) is 0 Å². The smallest absolute Gasteiger partial charge is 0.231 e. The van der Waals surface area contributed by atoms with Gasteiger partial charge in [0.1, 0.15) is 16.0 Å². The molecular weight excluding hydrogens is 689 g/mol. The third-order valence-corrected chi connectivity index (χ3v) is 9.45. The molecule has 0 saturated heterocycles. The second-order valence-electron chi connectivity index (χ2n) is 9.79. The highest BCUT2D eigenvalue weighted by Crippen LogP contribution is 2.65. The van der Waals surface area contributed by atoms with E-state index in [0.29, 0.717) is 5.56 Å². The Morgan fingerprint density at radius 1 is 0.860 bits per heavy atom. The van der Waals surface area contributed by atoms with Crippen molar-refractivity contribution >= 4 is 92.8 Å². The van der Waals surface area contributed by atoms with Crippen molar-refractivity contribution in [3.8, 4) is 0 Å². The van der Waals surface area contributed by atoms with Crippen LogP contribution in [0.25, 0.3) is 0 Å². The number of furan rings is 1. The molecule has 1 heterocycles. The maximum atomic E-state index is 15.3. The third-order valence-electron chi connectivity index (χ3n) is 6.99. The van der Waals surface area contributed by atoms with Crippen LogP contribution in [0.5, 0.6) is 0 Å². The fraction of sp³-hybridized carbons (Fsp3) is 0.167. The maximum absolute atomic E-state index is 15.3. The topological polar surface area (TPSA) is 76.4 Å². The van der Waals surface area contributed by atoms with Crippen LogP contribution in [0.2, 0.25) is 20.1 Å². The Bertz CT molecular complexity index is 1750. The first-order valence-electron chi connectivity index (χ1n) is 12.5. The van der Waals surface area contributed by atoms with Gasteiger partial charge < -0.3 is 9.73 Å². The molecule has 0 radical (unpaired) electrons. The quantitative estimate of drug-likeness (QED) is 0.107. The molecule has 1 aliphatic carbocycles. The van der Waals surface area contributed by atoms with E-state index in [9.17, 15) is 18.8 Å². The molecular formula is C30H17Cl6F2NO4. The van der Waals surface area contributed by atoms with E-state index in [1.807, 2.05) is 0 Å². The van der Waals surface area contributed by atoms with Crippen molar-refractivity contribution in [2.45, 2.75) is 23.1 Å². The Hall–Kier alpha value is -2.65. The molecule has 5 nitrogen and oxygen atoms in total. The van der Waals surface area contributed by atoms with E-state index in [2.05, 4.69) is 5.32 Å². The summed E-state index contributed by atoms with van der Waals surface area (Å²) in [5.41, 5.74) is 0.0520. The van der Waals surface area contributed by atoms with Crippen molar-refractivity contribution in [3.05, 3.63) is 121 Å². The minimum atomic E-state index is -1.47. The van der Waals surface area contributed by atoms with Gasteiger partial charge in [0.05, 0.1) is 32.3 Å². The van der Waals surface area contributed by atoms with E-state index in [4.69, 9.17) is 74.0 Å². The zero-order chi connectivity index (χ0) is 31.2. The highest BCUT2D eigenvalue weighted by atomic mass is 35.5. The van der Waals surface area contributed by atoms with Gasteiger partial charge in [-0.25, -0.2) is 8.78 Å². The molecule has 4 aromatic rings. The number of halogens is 8. The van der Waals surface area contributed by atoms with Crippen molar-refractivity contribution in [2.24, 2.45) is 5.92 Å². The lowest BCUT2D eigenvalue weighted by atomic mass is 9.97. The predicted molar refractivity (Wildman–Crippen MR) is 163 cm³/mol. The Morgan fingerprint density at radius 2 is 1.56 bits per heavy atom. The number of benzene rings is 3. The van der Waals surface area contributed by atoms with Gasteiger partial charge in [-0.15, -0.1) is 23.2 Å². The number of carbonyl (C=O) groups is 3. The Kier molecular flexibility index (Phi) is 9.15. The molecule has 5 rings (SSSR count). The third kappa shape index (κ3) is 6.44. The molecule has 1 aliphatic rings. The van der Waals surface area contributed by atoms with Gasteiger partial charge in [0.2, 0.25) is 11.7 Å². The van der Waals surface area contributed by atoms with Crippen LogP contribution >= 0.6 is 69.6 Å². The molecule has 0 unspecified atom stereocenters. The number of carbonyl (C=O) groups excluding carboxylic acids is 3. The zero-order valence-electron chi connectivity index (χ0n) is 21.5. The summed E-state index contributed by atoms with van der Waals surface area (Å²) in [5, 5.41) is 3.21. The number of alkyl halides is 2. The minimum Gasteiger partial charge on any atom is -0.461 e. The number of anilines is 1. The summed E-state index contributed by atoms with van der Waals surface area (Å²) in [4.78, 5) is 38.7. The summed E-state index contributed by atoms with van der Waals surface area (Å²) in [6.45, 7) is 0. The normalized spacial score (nSPS) is 17.0. The van der Waals surface area contributed by atoms with Crippen molar-refractivity contribution in [3.63, 3.8) is 0 Å². The fourth-order valence-electron chi connectivity index (χ4n) is 4.76. The molecule has 1 N–H and O–H groups in total. The fourth-order valence-corrected chi connectivity index (χ4v) is 6.42. The Morgan fingerprint density at radius 3 is 2.21 bits per heavy atom. The van der Waals surface area contributed by atoms with Crippen LogP contribution in [0.15, 0.2) is 65.3 Å². The van der Waals surface area contributed by atoms with Crippen LogP contribution in [0.1, 0.15) is 43.5 Å². The van der Waals surface area contributed by atoms with Crippen LogP contribution in [0.4, 0.5) is 14.5 Å². The van der Waals surface area contributed by atoms with Gasteiger partial charge in [0.25, 0.3) is 0 Å². The average Bonchev–Trinajstić information content (AvgIpc) is 3.25. The lowest BCUT2D eigenvalue weighted by Gasteiger charge is -2.11. The summed E-state index contributed by atoms with van der Waals surface area (Å²) in [6.07, 6.45) is 0.168. The summed E-state index contributed by atoms with van der Waals surface area (Å²) in [7, 11) is 0. The lowest BCUT2D eigenvalue weighted by Crippen LogP contribution is -2.17. The molecule has 1 aromatic heterocycles. The van der Waals surface area contributed by atoms with E-state index >= 15 is 4.39 Å². The summed E-state index contributed by atoms with van der Waals surface area (Å²) in [5.74, 6) is -5.35. The van der Waals surface area contributed by atoms with E-state index in [1.54, 1.807) is 0 Å². The summed E-state index contributed by atoms with van der Waals surface area (Å²) >= 11 is 37.4. The molecule has 43 heavy (non-hydrogen) atoms. The van der Waals surface area contributed by atoms with E-state index in [1.165, 1.54) is 48.7 Å². The number of ketones is 2. The molecule has 222 valence electrons. The Balaban J connectivity index is 1.32. The van der Waals surface area contributed by atoms with Crippen LogP contribution in [-0.4, -0.2) is 21.8 Å². The largest absolute Gasteiger partial charge is 0.461 e. The number of hydrogen-bond donors (Lipinski definition) is 1. The van der Waals surface area contributed by atoms with Crippen molar-refractivity contribution in [1.82, 2.24) is 0 Å². The molecule has 1 amide bonds. The van der Waals surface area contributed by atoms with Gasteiger partial charge in [0, 0.05) is 35.6 Å². The second-order valence-corrected chi connectivity index (χ2v) is 12.8. The number of Topliss-reactive ketones (excluding diaryl/α,β-unsaturated/α-hetero) is 2. The van der Waals surface area contributed by atoms with Crippen LogP contribution in [0.3, 0.4) is 0 Å². The molecule has 13 heteroatoms. The summed E-state index contributed by atoms with van der Waals surface area (Å²) < 4.78 is 33.2. The van der Waals surface area contributed by atoms with E-state index in [0.717, 1.165) is 12.1 Å². The van der Waals surface area contributed by atoms with Crippen LogP contribution in [0, 0.1) is 17.6 Å². The lowest BCUT2D eigenvalue weighted by molar-refractivity contribution is -0.117. The first-order chi connectivity index (χ1) is 20.3. The SMILES string of the molecule is O=C(Cc1c(F)ccc(CC(=O)c2cc(NC(=O)[C@H]3[C@H](c4cc(Cl)c(Cl)c(Cl)c4)C3(Cl)Cl)ccc2Cl)c1F)c1ccco1. The van der Waals surface area contributed by atoms with Gasteiger partial charge in [-0.05, 0) is 59.7 Å². The van der Waals surface area contributed by atoms with Crippen molar-refractivity contribution < 1.29 is 27.6 Å². The van der Waals surface area contributed by atoms with E-state index < -0.39 is 63.7 Å². The second kappa shape index (κ2) is 12.4. The number of rotatable bonds is 9. The first-order valence-corrected chi connectivity index (χ1v) is 14.7. The van der Waals surface area contributed by atoms with Crippen LogP contribution in [-0.2, 0) is 17.6 Å². The first kappa shape index (κ1) is 31.8. The number of hydrogen-bond acceptors (Lipinski definition) is 4. The molecule has 0 bridgehead atoms. The minimum absolute atomic E-state index is 0.0250. The standard InChI is InChI=1S/C30H17Cl6F2NO4/c31-18-5-4-15(39-29(42)26-25(30(26,35)36)14-8-19(32)27(34)20(33)9-14)11-16(18)22(40)10-13-3-6-21(37)17(28(13)38)12-23(41)24-2-1-7-43-24/h1-9,11,25-26H,10,12H2,(H,39,42)/t25-,26+/m0/s1. The number of nitrogens with one attached hydrogen (secondary N) is 1. The monoisotopic (exact) mass is 703 g/mol. The van der Waals surface area contributed by atoms with Crippen molar-refractivity contribution in [2.75, 3.05) is 5.32 Å². The maximum Gasteiger partial charge on any atom is 0.231 e. The highest BCUT2D eigenvalue weighted by molar-refractivity contribution is 6.54. The molecule has 1 fully saturated rings. The summed E-state index contributed by atoms with van der Waals surface area (Å²) in [6, 6.07) is 12.2.